The van der Waals surface area contributed by atoms with Gasteiger partial charge in [0, 0.05) is 25.9 Å². The Labute approximate surface area is 154 Å². The number of rotatable bonds is 5. The molecular formula is C19H18F2N4O2. The highest BCUT2D eigenvalue weighted by Gasteiger charge is 2.18. The maximum atomic E-state index is 13.7. The van der Waals surface area contributed by atoms with Crippen molar-refractivity contribution in [3.05, 3.63) is 65.1 Å². The first-order valence-corrected chi connectivity index (χ1v) is 8.15. The molecule has 0 bridgehead atoms. The van der Waals surface area contributed by atoms with Gasteiger partial charge in [-0.1, -0.05) is 6.07 Å². The molecule has 0 radical (unpaired) electrons. The number of benzene rings is 1. The smallest absolute Gasteiger partial charge is 0.276 e. The summed E-state index contributed by atoms with van der Waals surface area (Å²) in [7, 11) is 3.27. The van der Waals surface area contributed by atoms with Crippen LogP contribution in [0.3, 0.4) is 0 Å². The average molecular weight is 372 g/mol. The van der Waals surface area contributed by atoms with Gasteiger partial charge in [0.2, 0.25) is 0 Å². The molecule has 1 N–H and O–H groups in total. The molecule has 27 heavy (non-hydrogen) atoms. The van der Waals surface area contributed by atoms with Crippen molar-refractivity contribution < 1.29 is 18.3 Å². The molecule has 0 aliphatic carbocycles. The molecule has 3 aromatic rings. The third-order valence-electron chi connectivity index (χ3n) is 4.05. The Morgan fingerprint density at radius 1 is 1.26 bits per heavy atom. The van der Waals surface area contributed by atoms with Gasteiger partial charge in [-0.3, -0.25) is 14.5 Å². The van der Waals surface area contributed by atoms with Crippen molar-refractivity contribution >= 4 is 11.6 Å². The molecule has 1 amide bonds. The fourth-order valence-corrected chi connectivity index (χ4v) is 2.73. The van der Waals surface area contributed by atoms with Crippen LogP contribution < -0.4 is 5.32 Å². The van der Waals surface area contributed by atoms with Crippen molar-refractivity contribution in [2.24, 2.45) is 7.05 Å². The topological polar surface area (TPSA) is 69.0 Å². The molecule has 0 aliphatic heterocycles. The Balaban J connectivity index is 1.89. The van der Waals surface area contributed by atoms with Gasteiger partial charge in [0.05, 0.1) is 18.0 Å². The molecule has 0 unspecified atom stereocenters. The maximum Gasteiger partial charge on any atom is 0.276 e. The number of ether oxygens (including phenoxy) is 1. The van der Waals surface area contributed by atoms with Crippen LogP contribution in [0, 0.1) is 18.6 Å². The number of hydrogen-bond donors (Lipinski definition) is 1. The van der Waals surface area contributed by atoms with Crippen LogP contribution in [0.1, 0.15) is 21.7 Å². The fourth-order valence-electron chi connectivity index (χ4n) is 2.73. The molecule has 6 nitrogen and oxygen atoms in total. The molecule has 0 saturated heterocycles. The zero-order chi connectivity index (χ0) is 19.6. The van der Waals surface area contributed by atoms with Gasteiger partial charge in [-0.2, -0.15) is 5.10 Å². The van der Waals surface area contributed by atoms with Crippen LogP contribution >= 0.6 is 0 Å². The number of carbonyl (C=O) groups excluding carboxylic acids is 1. The van der Waals surface area contributed by atoms with E-state index in [-0.39, 0.29) is 5.69 Å². The van der Waals surface area contributed by atoms with Crippen molar-refractivity contribution in [1.29, 1.82) is 0 Å². The normalized spacial score (nSPS) is 10.9. The highest BCUT2D eigenvalue weighted by atomic mass is 19.1. The van der Waals surface area contributed by atoms with Crippen LogP contribution in [0.5, 0.6) is 0 Å². The predicted octanol–water partition coefficient (Wildman–Crippen LogP) is 3.47. The first kappa shape index (κ1) is 18.7. The highest BCUT2D eigenvalue weighted by molar-refractivity contribution is 6.03. The number of aromatic nitrogens is 3. The van der Waals surface area contributed by atoms with E-state index in [0.29, 0.717) is 12.3 Å². The van der Waals surface area contributed by atoms with Gasteiger partial charge in [-0.05, 0) is 36.8 Å². The van der Waals surface area contributed by atoms with Crippen LogP contribution in [-0.2, 0) is 18.4 Å². The van der Waals surface area contributed by atoms with Crippen molar-refractivity contribution in [3.8, 4) is 11.3 Å². The molecule has 1 aromatic carbocycles. The van der Waals surface area contributed by atoms with Crippen molar-refractivity contribution in [2.45, 2.75) is 13.5 Å². The minimum atomic E-state index is -0.853. The molecule has 140 valence electrons. The van der Waals surface area contributed by atoms with Gasteiger partial charge in [0.15, 0.2) is 5.69 Å². The Hall–Kier alpha value is -3.13. The van der Waals surface area contributed by atoms with Gasteiger partial charge in [0.25, 0.3) is 5.91 Å². The standard InChI is InChI=1S/C19H18F2N4O2/c1-11-7-12(10-27-3)22-9-13(11)17-8-16(24-25(17)2)19(26)23-18-14(20)5-4-6-15(18)21/h4-9H,10H2,1-3H3,(H,23,26). The van der Waals surface area contributed by atoms with E-state index in [2.05, 4.69) is 15.4 Å². The number of amides is 1. The summed E-state index contributed by atoms with van der Waals surface area (Å²) < 4.78 is 34.1. The quantitative estimate of drug-likeness (QED) is 0.745. The van der Waals surface area contributed by atoms with E-state index in [4.69, 9.17) is 4.74 Å². The lowest BCUT2D eigenvalue weighted by Gasteiger charge is -2.07. The number of anilines is 1. The van der Waals surface area contributed by atoms with Crippen molar-refractivity contribution in [1.82, 2.24) is 14.8 Å². The molecular weight excluding hydrogens is 354 g/mol. The minimum Gasteiger partial charge on any atom is -0.378 e. The van der Waals surface area contributed by atoms with E-state index in [1.807, 2.05) is 13.0 Å². The van der Waals surface area contributed by atoms with Crippen LogP contribution in [-0.4, -0.2) is 27.8 Å². The average Bonchev–Trinajstić information content (AvgIpc) is 3.00. The number of pyridine rings is 1. The molecule has 0 aliphatic rings. The monoisotopic (exact) mass is 372 g/mol. The number of nitrogens with one attached hydrogen (secondary N) is 1. The van der Waals surface area contributed by atoms with Crippen LogP contribution in [0.15, 0.2) is 36.5 Å². The second-order valence-electron chi connectivity index (χ2n) is 6.01. The van der Waals surface area contributed by atoms with E-state index in [1.54, 1.807) is 26.4 Å². The van der Waals surface area contributed by atoms with Crippen LogP contribution in [0.2, 0.25) is 0 Å². The zero-order valence-corrected chi connectivity index (χ0v) is 15.1. The number of nitrogens with zero attached hydrogens (tertiary/aromatic N) is 3. The first-order valence-electron chi connectivity index (χ1n) is 8.15. The fraction of sp³-hybridized carbons (Fsp3) is 0.211. The van der Waals surface area contributed by atoms with E-state index >= 15 is 0 Å². The second kappa shape index (κ2) is 7.63. The van der Waals surface area contributed by atoms with E-state index in [1.165, 1.54) is 10.7 Å². The minimum absolute atomic E-state index is 0.0375. The number of carbonyl (C=O) groups is 1. The number of halogens is 2. The largest absolute Gasteiger partial charge is 0.378 e. The SMILES string of the molecule is COCc1cc(C)c(-c2cc(C(=O)Nc3c(F)cccc3F)nn2C)cn1. The number of methoxy groups -OCH3 is 1. The third kappa shape index (κ3) is 3.85. The highest BCUT2D eigenvalue weighted by Crippen LogP contribution is 2.25. The predicted molar refractivity (Wildman–Crippen MR) is 96.2 cm³/mol. The summed E-state index contributed by atoms with van der Waals surface area (Å²) in [6.07, 6.45) is 1.68. The lowest BCUT2D eigenvalue weighted by Crippen LogP contribution is -2.15. The van der Waals surface area contributed by atoms with E-state index in [0.717, 1.165) is 29.0 Å². The molecule has 0 fully saturated rings. The summed E-state index contributed by atoms with van der Waals surface area (Å²) in [5.41, 5.74) is 2.71. The molecule has 2 aromatic heterocycles. The van der Waals surface area contributed by atoms with Crippen molar-refractivity contribution in [3.63, 3.8) is 0 Å². The number of hydrogen-bond acceptors (Lipinski definition) is 4. The molecule has 0 saturated carbocycles. The van der Waals surface area contributed by atoms with Gasteiger partial charge in [-0.15, -0.1) is 0 Å². The summed E-state index contributed by atoms with van der Waals surface area (Å²) in [4.78, 5) is 16.7. The number of aryl methyl sites for hydroxylation is 2. The lowest BCUT2D eigenvalue weighted by atomic mass is 10.1. The Morgan fingerprint density at radius 3 is 2.59 bits per heavy atom. The number of para-hydroxylation sites is 1. The summed E-state index contributed by atoms with van der Waals surface area (Å²) in [6.45, 7) is 2.31. The van der Waals surface area contributed by atoms with Gasteiger partial charge < -0.3 is 10.1 Å². The van der Waals surface area contributed by atoms with Gasteiger partial charge in [-0.25, -0.2) is 8.78 Å². The lowest BCUT2D eigenvalue weighted by molar-refractivity contribution is 0.102. The van der Waals surface area contributed by atoms with Crippen LogP contribution in [0.4, 0.5) is 14.5 Å². The summed E-state index contributed by atoms with van der Waals surface area (Å²) in [6, 6.07) is 6.80. The summed E-state index contributed by atoms with van der Waals surface area (Å²) >= 11 is 0. The molecule has 2 heterocycles. The zero-order valence-electron chi connectivity index (χ0n) is 15.1. The van der Waals surface area contributed by atoms with Gasteiger partial charge in [0.1, 0.15) is 17.3 Å². The Kier molecular flexibility index (Phi) is 5.27. The van der Waals surface area contributed by atoms with E-state index < -0.39 is 23.2 Å². The molecule has 8 heteroatoms. The van der Waals surface area contributed by atoms with E-state index in [9.17, 15) is 13.6 Å². The first-order chi connectivity index (χ1) is 12.9. The Morgan fingerprint density at radius 2 is 1.96 bits per heavy atom. The van der Waals surface area contributed by atoms with Crippen LogP contribution in [0.25, 0.3) is 11.3 Å². The third-order valence-corrected chi connectivity index (χ3v) is 4.05. The van der Waals surface area contributed by atoms with Gasteiger partial charge >= 0.3 is 0 Å². The van der Waals surface area contributed by atoms with Crippen molar-refractivity contribution in [2.75, 3.05) is 12.4 Å². The maximum absolute atomic E-state index is 13.7. The molecule has 0 spiro atoms. The molecule has 3 rings (SSSR count). The molecule has 0 atom stereocenters. The Bertz CT molecular complexity index is 981. The summed E-state index contributed by atoms with van der Waals surface area (Å²) in [5, 5.41) is 6.38. The second-order valence-corrected chi connectivity index (χ2v) is 6.01. The summed E-state index contributed by atoms with van der Waals surface area (Å²) in [5.74, 6) is -2.41.